The Labute approximate surface area is 98.8 Å². The highest BCUT2D eigenvalue weighted by molar-refractivity contribution is 7.86. The molecule has 0 radical (unpaired) electrons. The van der Waals surface area contributed by atoms with Gasteiger partial charge in [0, 0.05) is 0 Å². The molecule has 0 aromatic rings. The van der Waals surface area contributed by atoms with Gasteiger partial charge >= 0.3 is 0 Å². The van der Waals surface area contributed by atoms with Crippen molar-refractivity contribution in [2.45, 2.75) is 70.1 Å². The maximum Gasteiger partial charge on any atom is 0.267 e. The molecule has 0 aromatic carbocycles. The molecule has 2 N–H and O–H groups in total. The Morgan fingerprint density at radius 1 is 1.06 bits per heavy atom. The van der Waals surface area contributed by atoms with E-state index in [-0.39, 0.29) is 6.10 Å². The topological polar surface area (TPSA) is 74.6 Å². The summed E-state index contributed by atoms with van der Waals surface area (Å²) in [5.41, 5.74) is 0. The van der Waals surface area contributed by atoms with Gasteiger partial charge in [-0.1, -0.05) is 26.7 Å². The van der Waals surface area contributed by atoms with Crippen molar-refractivity contribution in [1.29, 1.82) is 0 Å². The molecule has 0 saturated carbocycles. The van der Waals surface area contributed by atoms with Crippen LogP contribution in [0.4, 0.5) is 0 Å². The highest BCUT2D eigenvalue weighted by atomic mass is 32.2. The summed E-state index contributed by atoms with van der Waals surface area (Å²) >= 11 is 0. The summed E-state index contributed by atoms with van der Waals surface area (Å²) in [6, 6.07) is 0. The Morgan fingerprint density at radius 2 is 1.62 bits per heavy atom. The monoisotopic (exact) mass is 252 g/mol. The summed E-state index contributed by atoms with van der Waals surface area (Å²) in [5.74, 6) is 0. The first-order chi connectivity index (χ1) is 7.41. The van der Waals surface area contributed by atoms with Gasteiger partial charge in [0.15, 0.2) is 0 Å². The smallest absolute Gasteiger partial charge is 0.267 e. The molecule has 0 aliphatic rings. The van der Waals surface area contributed by atoms with Gasteiger partial charge in [0.25, 0.3) is 10.1 Å². The quantitative estimate of drug-likeness (QED) is 0.618. The second-order valence-corrected chi connectivity index (χ2v) is 5.97. The number of aliphatic hydroxyl groups excluding tert-OH is 1. The predicted molar refractivity (Wildman–Crippen MR) is 65.0 cm³/mol. The van der Waals surface area contributed by atoms with Crippen LogP contribution in [0.25, 0.3) is 0 Å². The van der Waals surface area contributed by atoms with Gasteiger partial charge in [-0.15, -0.1) is 0 Å². The molecule has 0 rings (SSSR count). The molecular formula is C11H24O4S. The molecule has 0 bridgehead atoms. The van der Waals surface area contributed by atoms with Gasteiger partial charge in [-0.2, -0.15) is 8.42 Å². The third-order valence-corrected chi connectivity index (χ3v) is 4.24. The van der Waals surface area contributed by atoms with Crippen molar-refractivity contribution in [2.75, 3.05) is 0 Å². The molecule has 0 saturated heterocycles. The van der Waals surface area contributed by atoms with Crippen LogP contribution in [-0.4, -0.2) is 29.4 Å². The first-order valence-corrected chi connectivity index (χ1v) is 7.56. The third kappa shape index (κ3) is 7.19. The lowest BCUT2D eigenvalue weighted by Gasteiger charge is -2.13. The Morgan fingerprint density at radius 3 is 2.06 bits per heavy atom. The summed E-state index contributed by atoms with van der Waals surface area (Å²) in [4.78, 5) is 0. The van der Waals surface area contributed by atoms with E-state index in [2.05, 4.69) is 6.92 Å². The molecule has 0 spiro atoms. The van der Waals surface area contributed by atoms with Crippen molar-refractivity contribution in [3.8, 4) is 0 Å². The zero-order valence-corrected chi connectivity index (χ0v) is 11.0. The SMILES string of the molecule is CCCCC(O)CCCC(CC)S(=O)(=O)O. The number of rotatable bonds is 9. The number of hydrogen-bond acceptors (Lipinski definition) is 3. The minimum absolute atomic E-state index is 0.334. The number of unbranched alkanes of at least 4 members (excludes halogenated alkanes) is 1. The molecule has 2 unspecified atom stereocenters. The predicted octanol–water partition coefficient (Wildman–Crippen LogP) is 2.37. The van der Waals surface area contributed by atoms with Gasteiger partial charge in [0.1, 0.15) is 0 Å². The molecule has 4 nitrogen and oxygen atoms in total. The molecular weight excluding hydrogens is 228 g/mol. The fourth-order valence-corrected chi connectivity index (χ4v) is 2.61. The fraction of sp³-hybridized carbons (Fsp3) is 1.00. The summed E-state index contributed by atoms with van der Waals surface area (Å²) in [7, 11) is -3.91. The largest absolute Gasteiger partial charge is 0.393 e. The van der Waals surface area contributed by atoms with E-state index in [4.69, 9.17) is 4.55 Å². The van der Waals surface area contributed by atoms with E-state index < -0.39 is 15.4 Å². The van der Waals surface area contributed by atoms with E-state index in [1.54, 1.807) is 6.92 Å². The maximum absolute atomic E-state index is 10.9. The molecule has 2 atom stereocenters. The van der Waals surface area contributed by atoms with Crippen LogP contribution in [0.2, 0.25) is 0 Å². The Bertz CT molecular complexity index is 261. The van der Waals surface area contributed by atoms with Crippen LogP contribution in [0, 0.1) is 0 Å². The lowest BCUT2D eigenvalue weighted by Crippen LogP contribution is -2.20. The summed E-state index contributed by atoms with van der Waals surface area (Å²) in [6.07, 6.45) is 4.60. The lowest BCUT2D eigenvalue weighted by atomic mass is 10.0. The summed E-state index contributed by atoms with van der Waals surface area (Å²) in [5, 5.41) is 8.88. The molecule has 98 valence electrons. The highest BCUT2D eigenvalue weighted by Crippen LogP contribution is 2.15. The minimum Gasteiger partial charge on any atom is -0.393 e. The average Bonchev–Trinajstić information content (AvgIpc) is 2.19. The van der Waals surface area contributed by atoms with Crippen molar-refractivity contribution in [3.63, 3.8) is 0 Å². The second-order valence-electron chi connectivity index (χ2n) is 4.27. The van der Waals surface area contributed by atoms with Crippen LogP contribution in [0.1, 0.15) is 58.8 Å². The zero-order chi connectivity index (χ0) is 12.6. The van der Waals surface area contributed by atoms with E-state index in [9.17, 15) is 13.5 Å². The van der Waals surface area contributed by atoms with Crippen molar-refractivity contribution < 1.29 is 18.1 Å². The molecule has 0 amide bonds. The van der Waals surface area contributed by atoms with Crippen LogP contribution >= 0.6 is 0 Å². The second kappa shape index (κ2) is 8.03. The number of aliphatic hydroxyl groups is 1. The van der Waals surface area contributed by atoms with E-state index >= 15 is 0 Å². The highest BCUT2D eigenvalue weighted by Gasteiger charge is 2.20. The minimum atomic E-state index is -3.91. The first-order valence-electron chi connectivity index (χ1n) is 6.06. The zero-order valence-electron chi connectivity index (χ0n) is 10.2. The molecule has 0 aliphatic heterocycles. The van der Waals surface area contributed by atoms with Crippen LogP contribution < -0.4 is 0 Å². The van der Waals surface area contributed by atoms with Crippen LogP contribution in [0.3, 0.4) is 0 Å². The van der Waals surface area contributed by atoms with Gasteiger partial charge in [-0.25, -0.2) is 0 Å². The van der Waals surface area contributed by atoms with Crippen LogP contribution in [-0.2, 0) is 10.1 Å². The first kappa shape index (κ1) is 15.9. The van der Waals surface area contributed by atoms with Gasteiger partial charge in [-0.05, 0) is 32.1 Å². The van der Waals surface area contributed by atoms with E-state index in [0.717, 1.165) is 19.3 Å². The van der Waals surface area contributed by atoms with Gasteiger partial charge < -0.3 is 5.11 Å². The summed E-state index contributed by atoms with van der Waals surface area (Å²) < 4.78 is 30.7. The fourth-order valence-electron chi connectivity index (χ4n) is 1.73. The Balaban J connectivity index is 3.79. The van der Waals surface area contributed by atoms with E-state index in [1.807, 2.05) is 0 Å². The molecule has 0 fully saturated rings. The summed E-state index contributed by atoms with van der Waals surface area (Å²) in [6.45, 7) is 3.81. The van der Waals surface area contributed by atoms with Crippen LogP contribution in [0.15, 0.2) is 0 Å². The van der Waals surface area contributed by atoms with E-state index in [0.29, 0.717) is 25.7 Å². The van der Waals surface area contributed by atoms with Crippen LogP contribution in [0.5, 0.6) is 0 Å². The molecule has 16 heavy (non-hydrogen) atoms. The van der Waals surface area contributed by atoms with Crippen molar-refractivity contribution >= 4 is 10.1 Å². The Kier molecular flexibility index (Phi) is 7.97. The Hall–Kier alpha value is -0.130. The van der Waals surface area contributed by atoms with Gasteiger partial charge in [0.05, 0.1) is 11.4 Å². The standard InChI is InChI=1S/C11H24O4S/c1-3-5-7-10(12)8-6-9-11(4-2)16(13,14)15/h10-12H,3-9H2,1-2H3,(H,13,14,15). The average molecular weight is 252 g/mol. The number of hydrogen-bond donors (Lipinski definition) is 2. The molecule has 0 aromatic heterocycles. The molecule has 5 heteroatoms. The maximum atomic E-state index is 10.9. The lowest BCUT2D eigenvalue weighted by molar-refractivity contribution is 0.148. The van der Waals surface area contributed by atoms with E-state index in [1.165, 1.54) is 0 Å². The van der Waals surface area contributed by atoms with Crippen molar-refractivity contribution in [1.82, 2.24) is 0 Å². The molecule has 0 heterocycles. The normalized spacial score (nSPS) is 16.0. The van der Waals surface area contributed by atoms with Crippen molar-refractivity contribution in [3.05, 3.63) is 0 Å². The van der Waals surface area contributed by atoms with Gasteiger partial charge in [0.2, 0.25) is 0 Å². The molecule has 0 aliphatic carbocycles. The van der Waals surface area contributed by atoms with Crippen molar-refractivity contribution in [2.24, 2.45) is 0 Å². The third-order valence-electron chi connectivity index (χ3n) is 2.83. The van der Waals surface area contributed by atoms with Gasteiger partial charge in [-0.3, -0.25) is 4.55 Å².